The van der Waals surface area contributed by atoms with Crippen LogP contribution < -0.4 is 4.74 Å². The van der Waals surface area contributed by atoms with E-state index in [4.69, 9.17) is 4.74 Å². The molecule has 1 atom stereocenters. The molecule has 0 bridgehead atoms. The Bertz CT molecular complexity index is 375. The summed E-state index contributed by atoms with van der Waals surface area (Å²) in [7, 11) is 1.45. The first kappa shape index (κ1) is 12.3. The molecule has 0 saturated carbocycles. The van der Waals surface area contributed by atoms with Crippen molar-refractivity contribution in [1.29, 1.82) is 0 Å². The van der Waals surface area contributed by atoms with Crippen LogP contribution in [0, 0.1) is 0 Å². The quantitative estimate of drug-likeness (QED) is 0.749. The van der Waals surface area contributed by atoms with Gasteiger partial charge in [0.05, 0.1) is 13.7 Å². The van der Waals surface area contributed by atoms with E-state index in [1.54, 1.807) is 6.92 Å². The number of esters is 1. The molecule has 2 N–H and O–H groups in total. The van der Waals surface area contributed by atoms with Gasteiger partial charge in [0.2, 0.25) is 0 Å². The minimum Gasteiger partial charge on any atom is -0.508 e. The van der Waals surface area contributed by atoms with Crippen LogP contribution >= 0.6 is 0 Å². The molecule has 5 nitrogen and oxygen atoms in total. The summed E-state index contributed by atoms with van der Waals surface area (Å²) >= 11 is 0. The lowest BCUT2D eigenvalue weighted by Crippen LogP contribution is -2.15. The Morgan fingerprint density at radius 3 is 2.75 bits per heavy atom. The number of carbonyl (C=O) groups is 1. The number of hydrogen-bond acceptors (Lipinski definition) is 5. The van der Waals surface area contributed by atoms with Gasteiger partial charge in [-0.2, -0.15) is 0 Å². The molecule has 1 aromatic rings. The lowest BCUT2D eigenvalue weighted by Gasteiger charge is -2.12. The summed E-state index contributed by atoms with van der Waals surface area (Å²) in [5.41, 5.74) is 0.0674. The van der Waals surface area contributed by atoms with Gasteiger partial charge in [0.15, 0.2) is 6.10 Å². The van der Waals surface area contributed by atoms with Crippen LogP contribution in [0.25, 0.3) is 0 Å². The zero-order valence-corrected chi connectivity index (χ0v) is 9.14. The summed E-state index contributed by atoms with van der Waals surface area (Å²) in [6.45, 7) is 1.80. The highest BCUT2D eigenvalue weighted by Crippen LogP contribution is 2.28. The van der Waals surface area contributed by atoms with E-state index in [2.05, 4.69) is 4.74 Å². The highest BCUT2D eigenvalue weighted by Gasteiger charge is 2.22. The fourth-order valence-electron chi connectivity index (χ4n) is 1.23. The number of ether oxygens (including phenoxy) is 2. The molecule has 0 spiro atoms. The van der Waals surface area contributed by atoms with Gasteiger partial charge >= 0.3 is 5.97 Å². The number of rotatable bonds is 4. The van der Waals surface area contributed by atoms with Crippen molar-refractivity contribution in [2.24, 2.45) is 0 Å². The fourth-order valence-corrected chi connectivity index (χ4v) is 1.23. The average molecular weight is 226 g/mol. The normalized spacial score (nSPS) is 11.9. The molecule has 0 radical (unpaired) electrons. The number of phenols is 1. The molecule has 1 unspecified atom stereocenters. The second-order valence-corrected chi connectivity index (χ2v) is 3.08. The first-order valence-electron chi connectivity index (χ1n) is 4.81. The third kappa shape index (κ3) is 2.64. The van der Waals surface area contributed by atoms with E-state index in [9.17, 15) is 15.0 Å². The number of phenolic OH excluding ortho intramolecular Hbond substituents is 1. The van der Waals surface area contributed by atoms with Crippen molar-refractivity contribution >= 4 is 5.97 Å². The van der Waals surface area contributed by atoms with Crippen LogP contribution in [-0.2, 0) is 9.53 Å². The Labute approximate surface area is 93.2 Å². The van der Waals surface area contributed by atoms with Gasteiger partial charge in [0, 0.05) is 5.56 Å². The van der Waals surface area contributed by atoms with Gasteiger partial charge in [-0.3, -0.25) is 0 Å². The first-order valence-corrected chi connectivity index (χ1v) is 4.81. The van der Waals surface area contributed by atoms with Gasteiger partial charge in [0.25, 0.3) is 0 Å². The summed E-state index contributed by atoms with van der Waals surface area (Å²) in [5, 5.41) is 19.1. The zero-order valence-electron chi connectivity index (χ0n) is 9.14. The predicted molar refractivity (Wildman–Crippen MR) is 56.3 cm³/mol. The Morgan fingerprint density at radius 1 is 1.50 bits per heavy atom. The van der Waals surface area contributed by atoms with Crippen LogP contribution in [0.2, 0.25) is 0 Å². The molecule has 0 aliphatic heterocycles. The monoisotopic (exact) mass is 226 g/mol. The summed E-state index contributed by atoms with van der Waals surface area (Å²) < 4.78 is 9.57. The summed E-state index contributed by atoms with van der Waals surface area (Å²) in [6, 6.07) is 4.25. The molecule has 0 saturated heterocycles. The van der Waals surface area contributed by atoms with Gasteiger partial charge in [0.1, 0.15) is 11.5 Å². The van der Waals surface area contributed by atoms with Crippen LogP contribution in [-0.4, -0.2) is 29.9 Å². The van der Waals surface area contributed by atoms with E-state index in [1.807, 2.05) is 0 Å². The number of methoxy groups -OCH3 is 1. The van der Waals surface area contributed by atoms with Crippen molar-refractivity contribution in [3.63, 3.8) is 0 Å². The van der Waals surface area contributed by atoms with Crippen molar-refractivity contribution < 1.29 is 24.5 Å². The molecule has 0 aliphatic rings. The van der Waals surface area contributed by atoms with Gasteiger partial charge < -0.3 is 19.7 Å². The van der Waals surface area contributed by atoms with Crippen LogP contribution in [0.4, 0.5) is 0 Å². The Kier molecular flexibility index (Phi) is 4.13. The highest BCUT2D eigenvalue weighted by molar-refractivity contribution is 5.77. The van der Waals surface area contributed by atoms with Gasteiger partial charge in [-0.25, -0.2) is 4.79 Å². The first-order chi connectivity index (χ1) is 7.60. The predicted octanol–water partition coefficient (Wildman–Crippen LogP) is 0.997. The van der Waals surface area contributed by atoms with Crippen LogP contribution in [0.1, 0.15) is 18.6 Å². The van der Waals surface area contributed by atoms with Crippen molar-refractivity contribution in [3.8, 4) is 11.5 Å². The van der Waals surface area contributed by atoms with Crippen LogP contribution in [0.3, 0.4) is 0 Å². The van der Waals surface area contributed by atoms with Gasteiger partial charge in [-0.15, -0.1) is 0 Å². The molecule has 0 aromatic heterocycles. The van der Waals surface area contributed by atoms with E-state index in [1.165, 1.54) is 25.3 Å². The third-order valence-corrected chi connectivity index (χ3v) is 2.04. The molecule has 1 aromatic carbocycles. The summed E-state index contributed by atoms with van der Waals surface area (Å²) in [4.78, 5) is 11.3. The van der Waals surface area contributed by atoms with Crippen LogP contribution in [0.5, 0.6) is 11.5 Å². The summed E-state index contributed by atoms with van der Waals surface area (Å²) in [6.07, 6.45) is -1.50. The van der Waals surface area contributed by atoms with Gasteiger partial charge in [-0.05, 0) is 25.1 Å². The maximum absolute atomic E-state index is 11.3. The molecule has 88 valence electrons. The number of carbonyl (C=O) groups excluding carboxylic acids is 1. The van der Waals surface area contributed by atoms with Gasteiger partial charge in [-0.1, -0.05) is 0 Å². The lowest BCUT2D eigenvalue weighted by molar-refractivity contribution is -0.153. The molecule has 0 fully saturated rings. The smallest absolute Gasteiger partial charge is 0.339 e. The lowest BCUT2D eigenvalue weighted by atomic mass is 10.1. The Morgan fingerprint density at radius 2 is 2.19 bits per heavy atom. The molecule has 16 heavy (non-hydrogen) atoms. The Balaban J connectivity index is 2.97. The van der Waals surface area contributed by atoms with E-state index < -0.39 is 12.1 Å². The third-order valence-electron chi connectivity index (χ3n) is 2.04. The number of aliphatic hydroxyl groups excluding tert-OH is 1. The highest BCUT2D eigenvalue weighted by atomic mass is 16.5. The van der Waals surface area contributed by atoms with E-state index in [0.29, 0.717) is 5.75 Å². The number of hydrogen-bond donors (Lipinski definition) is 2. The molecule has 0 aliphatic carbocycles. The van der Waals surface area contributed by atoms with E-state index in [-0.39, 0.29) is 17.9 Å². The standard InChI is InChI=1S/C11H14O5/c1-3-16-11(14)10(13)8-6-7(15-2)4-5-9(8)12/h4-6,10,12-13H,3H2,1-2H3. The second-order valence-electron chi connectivity index (χ2n) is 3.08. The minimum atomic E-state index is -1.50. The molecular weight excluding hydrogens is 212 g/mol. The number of aliphatic hydroxyl groups is 1. The minimum absolute atomic E-state index is 0.0674. The molecular formula is C11H14O5. The number of aromatic hydroxyl groups is 1. The van der Waals surface area contributed by atoms with Crippen molar-refractivity contribution in [1.82, 2.24) is 0 Å². The number of benzene rings is 1. The molecule has 0 heterocycles. The largest absolute Gasteiger partial charge is 0.508 e. The zero-order chi connectivity index (χ0) is 12.1. The van der Waals surface area contributed by atoms with E-state index in [0.717, 1.165) is 0 Å². The van der Waals surface area contributed by atoms with Crippen LogP contribution in [0.15, 0.2) is 18.2 Å². The van der Waals surface area contributed by atoms with Crippen molar-refractivity contribution in [2.45, 2.75) is 13.0 Å². The second kappa shape index (κ2) is 5.37. The topological polar surface area (TPSA) is 76.0 Å². The maximum Gasteiger partial charge on any atom is 0.339 e. The van der Waals surface area contributed by atoms with Crippen molar-refractivity contribution in [3.05, 3.63) is 23.8 Å². The average Bonchev–Trinajstić information content (AvgIpc) is 2.29. The van der Waals surface area contributed by atoms with E-state index >= 15 is 0 Å². The SMILES string of the molecule is CCOC(=O)C(O)c1cc(OC)ccc1O. The maximum atomic E-state index is 11.3. The van der Waals surface area contributed by atoms with Crippen molar-refractivity contribution in [2.75, 3.05) is 13.7 Å². The molecule has 1 rings (SSSR count). The fraction of sp³-hybridized carbons (Fsp3) is 0.364. The summed E-state index contributed by atoms with van der Waals surface area (Å²) in [5.74, 6) is -0.538. The Hall–Kier alpha value is -1.75. The molecule has 0 amide bonds. The molecule has 5 heteroatoms.